The van der Waals surface area contributed by atoms with Gasteiger partial charge < -0.3 is 5.11 Å². The van der Waals surface area contributed by atoms with Gasteiger partial charge in [-0.25, -0.2) is 0 Å². The molecule has 0 amide bonds. The van der Waals surface area contributed by atoms with Crippen LogP contribution in [0.4, 0.5) is 0 Å². The summed E-state index contributed by atoms with van der Waals surface area (Å²) in [6.45, 7) is 8.84. The molecule has 0 aliphatic carbocycles. The van der Waals surface area contributed by atoms with Crippen LogP contribution in [0.3, 0.4) is 0 Å². The molecule has 0 spiro atoms. The molecule has 31 heavy (non-hydrogen) atoms. The number of hydrogen-bond donors (Lipinski definition) is 1. The molecule has 0 aromatic heterocycles. The molecule has 0 bridgehead atoms. The first-order valence-electron chi connectivity index (χ1n) is 10.8. The fourth-order valence-electron chi connectivity index (χ4n) is 4.27. The molecule has 4 aromatic carbocycles. The number of hydrogen-bond acceptors (Lipinski definition) is 1. The highest BCUT2D eigenvalue weighted by Gasteiger charge is 2.32. The summed E-state index contributed by atoms with van der Waals surface area (Å²) < 4.78 is 0. The van der Waals surface area contributed by atoms with E-state index >= 15 is 0 Å². The van der Waals surface area contributed by atoms with Crippen molar-refractivity contribution in [1.29, 1.82) is 0 Å². The maximum Gasteiger partial charge on any atom is 0.127 e. The van der Waals surface area contributed by atoms with E-state index in [0.717, 1.165) is 16.7 Å². The van der Waals surface area contributed by atoms with E-state index in [-0.39, 0.29) is 10.8 Å². The minimum Gasteiger partial charge on any atom is -0.507 e. The first-order chi connectivity index (χ1) is 14.8. The Bertz CT molecular complexity index is 1160. The first-order valence-corrected chi connectivity index (χ1v) is 10.8. The monoisotopic (exact) mass is 405 g/mol. The molecule has 0 saturated carbocycles. The molecule has 4 aromatic rings. The Morgan fingerprint density at radius 2 is 1.16 bits per heavy atom. The smallest absolute Gasteiger partial charge is 0.127 e. The van der Waals surface area contributed by atoms with E-state index < -0.39 is 0 Å². The molecule has 0 aliphatic heterocycles. The van der Waals surface area contributed by atoms with E-state index in [4.69, 9.17) is 0 Å². The third-order valence-electron chi connectivity index (χ3n) is 6.50. The SMILES string of the molecule is CC(C)(c1ccccc1)c1cc(-c2[c]cccc2)c(O)c(C(C)(C)c2ccccc2)c1. The second-order valence-corrected chi connectivity index (χ2v) is 9.18. The van der Waals surface area contributed by atoms with Crippen LogP contribution in [-0.2, 0) is 10.8 Å². The van der Waals surface area contributed by atoms with Crippen LogP contribution < -0.4 is 0 Å². The van der Waals surface area contributed by atoms with Crippen LogP contribution in [0.2, 0.25) is 0 Å². The molecule has 1 N–H and O–H groups in total. The van der Waals surface area contributed by atoms with Gasteiger partial charge >= 0.3 is 0 Å². The third kappa shape index (κ3) is 3.88. The lowest BCUT2D eigenvalue weighted by Crippen LogP contribution is -2.23. The van der Waals surface area contributed by atoms with E-state index in [0.29, 0.717) is 5.75 Å². The van der Waals surface area contributed by atoms with Crippen molar-refractivity contribution in [2.24, 2.45) is 0 Å². The van der Waals surface area contributed by atoms with Crippen molar-refractivity contribution in [2.45, 2.75) is 38.5 Å². The fourth-order valence-corrected chi connectivity index (χ4v) is 4.27. The van der Waals surface area contributed by atoms with Crippen molar-refractivity contribution in [3.05, 3.63) is 125 Å². The zero-order valence-corrected chi connectivity index (χ0v) is 18.7. The number of aromatic hydroxyl groups is 1. The highest BCUT2D eigenvalue weighted by atomic mass is 16.3. The van der Waals surface area contributed by atoms with E-state index in [1.165, 1.54) is 16.7 Å². The summed E-state index contributed by atoms with van der Waals surface area (Å²) in [5.41, 5.74) is 5.64. The molecule has 0 fully saturated rings. The van der Waals surface area contributed by atoms with E-state index in [1.807, 2.05) is 36.4 Å². The van der Waals surface area contributed by atoms with Crippen LogP contribution in [-0.4, -0.2) is 5.11 Å². The average Bonchev–Trinajstić information content (AvgIpc) is 2.80. The van der Waals surface area contributed by atoms with E-state index in [2.05, 4.69) is 94.4 Å². The van der Waals surface area contributed by atoms with Crippen LogP contribution in [0.1, 0.15) is 49.9 Å². The van der Waals surface area contributed by atoms with Gasteiger partial charge in [0.25, 0.3) is 0 Å². The van der Waals surface area contributed by atoms with Gasteiger partial charge in [-0.3, -0.25) is 0 Å². The lowest BCUT2D eigenvalue weighted by Gasteiger charge is -2.32. The molecule has 155 valence electrons. The zero-order chi connectivity index (χ0) is 22.1. The number of phenols is 1. The summed E-state index contributed by atoms with van der Waals surface area (Å²) in [4.78, 5) is 0. The van der Waals surface area contributed by atoms with Crippen LogP contribution in [0.25, 0.3) is 11.1 Å². The van der Waals surface area contributed by atoms with Crippen molar-refractivity contribution in [1.82, 2.24) is 0 Å². The average molecular weight is 406 g/mol. The molecule has 0 atom stereocenters. The Hall–Kier alpha value is -3.32. The quantitative estimate of drug-likeness (QED) is 0.364. The summed E-state index contributed by atoms with van der Waals surface area (Å²) in [6.07, 6.45) is 0. The van der Waals surface area contributed by atoms with Crippen molar-refractivity contribution >= 4 is 0 Å². The van der Waals surface area contributed by atoms with Gasteiger partial charge in [0.15, 0.2) is 0 Å². The Morgan fingerprint density at radius 3 is 1.71 bits per heavy atom. The minimum atomic E-state index is -0.363. The van der Waals surface area contributed by atoms with Crippen molar-refractivity contribution in [3.63, 3.8) is 0 Å². The summed E-state index contributed by atoms with van der Waals surface area (Å²) in [5, 5.41) is 11.5. The highest BCUT2D eigenvalue weighted by Crippen LogP contribution is 2.45. The molecular weight excluding hydrogens is 376 g/mol. The molecule has 4 rings (SSSR count). The second kappa shape index (κ2) is 8.07. The molecular formula is C30H29O. The summed E-state index contributed by atoms with van der Waals surface area (Å²) in [7, 11) is 0. The number of benzene rings is 4. The molecule has 1 heteroatoms. The molecule has 1 nitrogen and oxygen atoms in total. The predicted octanol–water partition coefficient (Wildman–Crippen LogP) is 7.51. The van der Waals surface area contributed by atoms with Gasteiger partial charge in [0.1, 0.15) is 5.75 Å². The molecule has 0 heterocycles. The lowest BCUT2D eigenvalue weighted by atomic mass is 9.71. The van der Waals surface area contributed by atoms with Crippen molar-refractivity contribution in [2.75, 3.05) is 0 Å². The van der Waals surface area contributed by atoms with Crippen LogP contribution in [0.15, 0.2) is 97.1 Å². The van der Waals surface area contributed by atoms with Crippen LogP contribution >= 0.6 is 0 Å². The van der Waals surface area contributed by atoms with Crippen LogP contribution in [0, 0.1) is 6.07 Å². The van der Waals surface area contributed by atoms with Gasteiger partial charge in [-0.05, 0) is 34.4 Å². The maximum atomic E-state index is 11.5. The molecule has 0 saturated heterocycles. The topological polar surface area (TPSA) is 20.2 Å². The Kier molecular flexibility index (Phi) is 5.45. The highest BCUT2D eigenvalue weighted by molar-refractivity contribution is 5.74. The minimum absolute atomic E-state index is 0.222. The van der Waals surface area contributed by atoms with Gasteiger partial charge in [-0.15, -0.1) is 0 Å². The van der Waals surface area contributed by atoms with Gasteiger partial charge in [-0.1, -0.05) is 119 Å². The van der Waals surface area contributed by atoms with Gasteiger partial charge in [0, 0.05) is 22.0 Å². The normalized spacial score (nSPS) is 12.0. The largest absolute Gasteiger partial charge is 0.507 e. The Labute approximate surface area is 186 Å². The zero-order valence-electron chi connectivity index (χ0n) is 18.7. The summed E-state index contributed by atoms with van der Waals surface area (Å²) in [5.74, 6) is 0.323. The third-order valence-corrected chi connectivity index (χ3v) is 6.50. The maximum absolute atomic E-state index is 11.5. The van der Waals surface area contributed by atoms with Crippen molar-refractivity contribution < 1.29 is 5.11 Å². The molecule has 0 aliphatic rings. The lowest BCUT2D eigenvalue weighted by molar-refractivity contribution is 0.453. The second-order valence-electron chi connectivity index (χ2n) is 9.18. The predicted molar refractivity (Wildman–Crippen MR) is 130 cm³/mol. The molecule has 0 unspecified atom stereocenters. The van der Waals surface area contributed by atoms with E-state index in [1.54, 1.807) is 0 Å². The summed E-state index contributed by atoms with van der Waals surface area (Å²) >= 11 is 0. The van der Waals surface area contributed by atoms with Crippen molar-refractivity contribution in [3.8, 4) is 16.9 Å². The number of rotatable bonds is 5. The number of phenolic OH excluding ortho intramolecular Hbond substituents is 1. The van der Waals surface area contributed by atoms with E-state index in [9.17, 15) is 5.11 Å². The Balaban J connectivity index is 1.98. The fraction of sp³-hybridized carbons (Fsp3) is 0.200. The van der Waals surface area contributed by atoms with Gasteiger partial charge in [0.05, 0.1) is 0 Å². The van der Waals surface area contributed by atoms with Gasteiger partial charge in [0.2, 0.25) is 0 Å². The first kappa shape index (κ1) is 20.9. The van der Waals surface area contributed by atoms with Crippen LogP contribution in [0.5, 0.6) is 5.75 Å². The van der Waals surface area contributed by atoms with Gasteiger partial charge in [-0.2, -0.15) is 0 Å². The summed E-state index contributed by atoms with van der Waals surface area (Å²) in [6, 6.07) is 36.4. The Morgan fingerprint density at radius 1 is 0.613 bits per heavy atom. The molecule has 1 radical (unpaired) electrons. The standard InChI is InChI=1S/C30H29O/c1-29(2,23-16-10-6-11-17-23)25-20-26(22-14-8-5-9-15-22)28(31)27(21-25)30(3,4)24-18-12-7-13-19-24/h5-14,16-21,31H,1-4H3.